The normalized spacial score (nSPS) is 17.8. The molecule has 0 aliphatic carbocycles. The highest BCUT2D eigenvalue weighted by atomic mass is 35.5. The van der Waals surface area contributed by atoms with Crippen LogP contribution in [0.4, 0.5) is 0 Å². The molecule has 1 amide bonds. The van der Waals surface area contributed by atoms with E-state index >= 15 is 0 Å². The molecule has 1 N–H and O–H groups in total. The average molecular weight is 459 g/mol. The fourth-order valence-electron chi connectivity index (χ4n) is 3.88. The highest BCUT2D eigenvalue weighted by Crippen LogP contribution is 2.45. The second-order valence-electron chi connectivity index (χ2n) is 7.74. The first-order chi connectivity index (χ1) is 15.3. The molecule has 170 valence electrons. The van der Waals surface area contributed by atoms with Gasteiger partial charge in [0.05, 0.1) is 25.8 Å². The molecule has 1 saturated heterocycles. The number of carbonyl (C=O) groups excluding carboxylic acids is 2. The number of likely N-dealkylation sites (tertiary alicyclic amines) is 1. The summed E-state index contributed by atoms with van der Waals surface area (Å²) in [6.45, 7) is 1.08. The predicted molar refractivity (Wildman–Crippen MR) is 123 cm³/mol. The summed E-state index contributed by atoms with van der Waals surface area (Å²) < 4.78 is 11.0. The quantitative estimate of drug-likeness (QED) is 0.369. The standard InChI is InChI=1S/C24H27ClN2O5/c1-26(2)13-6-14-27-20(17-7-5-8-18(31-3)23(17)32-4)19(22(29)24(27)30)21(28)15-9-11-16(25)12-10-15/h5,7-12,20,28H,6,13-14H2,1-4H3/b21-19+/t20-/m0/s1. The zero-order valence-electron chi connectivity index (χ0n) is 18.6. The van der Waals surface area contributed by atoms with Gasteiger partial charge in [0.25, 0.3) is 11.7 Å². The van der Waals surface area contributed by atoms with Gasteiger partial charge in [-0.15, -0.1) is 0 Å². The van der Waals surface area contributed by atoms with Crippen LogP contribution in [-0.4, -0.2) is 68.0 Å². The third-order valence-electron chi connectivity index (χ3n) is 5.39. The minimum Gasteiger partial charge on any atom is -0.507 e. The maximum absolute atomic E-state index is 13.1. The molecule has 2 aromatic rings. The molecule has 3 rings (SSSR count). The molecule has 2 aromatic carbocycles. The maximum Gasteiger partial charge on any atom is 0.295 e. The maximum atomic E-state index is 13.1. The van der Waals surface area contributed by atoms with Gasteiger partial charge in [0.2, 0.25) is 0 Å². The van der Waals surface area contributed by atoms with Crippen molar-refractivity contribution in [2.45, 2.75) is 12.5 Å². The van der Waals surface area contributed by atoms with E-state index in [9.17, 15) is 14.7 Å². The number of halogens is 1. The van der Waals surface area contributed by atoms with Crippen LogP contribution in [0.25, 0.3) is 5.76 Å². The van der Waals surface area contributed by atoms with Crippen LogP contribution in [0.2, 0.25) is 5.02 Å². The number of benzene rings is 2. The van der Waals surface area contributed by atoms with Gasteiger partial charge in [-0.2, -0.15) is 0 Å². The zero-order valence-corrected chi connectivity index (χ0v) is 19.3. The van der Waals surface area contributed by atoms with Crippen molar-refractivity contribution in [1.82, 2.24) is 9.80 Å². The summed E-state index contributed by atoms with van der Waals surface area (Å²) >= 11 is 5.97. The number of amides is 1. The summed E-state index contributed by atoms with van der Waals surface area (Å²) in [5.74, 6) is -0.784. The number of hydrogen-bond acceptors (Lipinski definition) is 6. The van der Waals surface area contributed by atoms with Crippen LogP contribution >= 0.6 is 11.6 Å². The van der Waals surface area contributed by atoms with Gasteiger partial charge in [0.1, 0.15) is 5.76 Å². The van der Waals surface area contributed by atoms with Crippen molar-refractivity contribution in [3.63, 3.8) is 0 Å². The molecule has 0 radical (unpaired) electrons. The Bertz CT molecular complexity index is 1030. The number of aliphatic hydroxyl groups is 1. The van der Waals surface area contributed by atoms with Crippen molar-refractivity contribution < 1.29 is 24.2 Å². The van der Waals surface area contributed by atoms with E-state index in [0.717, 1.165) is 6.54 Å². The molecule has 1 atom stereocenters. The van der Waals surface area contributed by atoms with Gasteiger partial charge in [-0.3, -0.25) is 9.59 Å². The van der Waals surface area contributed by atoms with Gasteiger partial charge in [-0.25, -0.2) is 0 Å². The van der Waals surface area contributed by atoms with Crippen molar-refractivity contribution >= 4 is 29.1 Å². The van der Waals surface area contributed by atoms with Gasteiger partial charge in [0, 0.05) is 22.7 Å². The number of carbonyl (C=O) groups is 2. The van der Waals surface area contributed by atoms with E-state index in [4.69, 9.17) is 21.1 Å². The molecule has 1 aliphatic rings. The average Bonchev–Trinajstić information content (AvgIpc) is 3.03. The Morgan fingerprint density at radius 3 is 2.38 bits per heavy atom. The summed E-state index contributed by atoms with van der Waals surface area (Å²) in [5, 5.41) is 11.6. The number of rotatable bonds is 8. The van der Waals surface area contributed by atoms with Crippen LogP contribution in [0, 0.1) is 0 Å². The Labute approximate surface area is 192 Å². The fraction of sp³-hybridized carbons (Fsp3) is 0.333. The molecule has 0 aromatic heterocycles. The Balaban J connectivity index is 2.19. The second-order valence-corrected chi connectivity index (χ2v) is 8.18. The number of hydrogen-bond donors (Lipinski definition) is 1. The van der Waals surface area contributed by atoms with Gasteiger partial charge >= 0.3 is 0 Å². The van der Waals surface area contributed by atoms with Gasteiger partial charge in [-0.05, 0) is 57.4 Å². The summed E-state index contributed by atoms with van der Waals surface area (Å²) in [5.41, 5.74) is 0.965. The third kappa shape index (κ3) is 4.59. The molecule has 1 aliphatic heterocycles. The van der Waals surface area contributed by atoms with Crippen LogP contribution in [0.15, 0.2) is 48.0 Å². The highest BCUT2D eigenvalue weighted by molar-refractivity contribution is 6.46. The molecule has 7 nitrogen and oxygen atoms in total. The van der Waals surface area contributed by atoms with E-state index in [1.165, 1.54) is 19.1 Å². The van der Waals surface area contributed by atoms with E-state index in [-0.39, 0.29) is 11.3 Å². The minimum absolute atomic E-state index is 0.00808. The van der Waals surface area contributed by atoms with Crippen LogP contribution in [0.1, 0.15) is 23.6 Å². The van der Waals surface area contributed by atoms with Gasteiger partial charge < -0.3 is 24.4 Å². The van der Waals surface area contributed by atoms with E-state index in [0.29, 0.717) is 40.6 Å². The number of aliphatic hydroxyl groups excluding tert-OH is 1. The first-order valence-corrected chi connectivity index (χ1v) is 10.6. The first kappa shape index (κ1) is 23.6. The molecule has 0 saturated carbocycles. The molecular weight excluding hydrogens is 432 g/mol. The number of nitrogens with zero attached hydrogens (tertiary/aromatic N) is 2. The number of para-hydroxylation sites is 1. The van der Waals surface area contributed by atoms with Crippen LogP contribution in [-0.2, 0) is 9.59 Å². The van der Waals surface area contributed by atoms with Crippen LogP contribution in [0.3, 0.4) is 0 Å². The predicted octanol–water partition coefficient (Wildman–Crippen LogP) is 3.73. The zero-order chi connectivity index (χ0) is 23.4. The molecule has 32 heavy (non-hydrogen) atoms. The Hall–Kier alpha value is -3.03. The Morgan fingerprint density at radius 2 is 1.78 bits per heavy atom. The Morgan fingerprint density at radius 1 is 1.09 bits per heavy atom. The third-order valence-corrected chi connectivity index (χ3v) is 5.64. The molecule has 1 heterocycles. The van der Waals surface area contributed by atoms with Crippen LogP contribution in [0.5, 0.6) is 11.5 Å². The number of methoxy groups -OCH3 is 2. The van der Waals surface area contributed by atoms with Crippen molar-refractivity contribution in [2.24, 2.45) is 0 Å². The smallest absolute Gasteiger partial charge is 0.295 e. The monoisotopic (exact) mass is 458 g/mol. The Kier molecular flexibility index (Phi) is 7.43. The second kappa shape index (κ2) is 10.1. The van der Waals surface area contributed by atoms with Gasteiger partial charge in [-0.1, -0.05) is 23.7 Å². The SMILES string of the molecule is COc1cccc([C@H]2/C(=C(\O)c3ccc(Cl)cc3)C(=O)C(=O)N2CCCN(C)C)c1OC. The molecule has 0 bridgehead atoms. The molecule has 0 unspecified atom stereocenters. The lowest BCUT2D eigenvalue weighted by Crippen LogP contribution is -2.32. The van der Waals surface area contributed by atoms with Gasteiger partial charge in [0.15, 0.2) is 11.5 Å². The summed E-state index contributed by atoms with van der Waals surface area (Å²) in [6, 6.07) is 10.9. The molecule has 8 heteroatoms. The summed E-state index contributed by atoms with van der Waals surface area (Å²) in [4.78, 5) is 29.7. The lowest BCUT2D eigenvalue weighted by atomic mass is 9.94. The lowest BCUT2D eigenvalue weighted by molar-refractivity contribution is -0.140. The number of ketones is 1. The van der Waals surface area contributed by atoms with Crippen molar-refractivity contribution in [3.05, 3.63) is 64.2 Å². The molecule has 1 fully saturated rings. The van der Waals surface area contributed by atoms with E-state index in [2.05, 4.69) is 0 Å². The van der Waals surface area contributed by atoms with Crippen molar-refractivity contribution in [3.8, 4) is 11.5 Å². The summed E-state index contributed by atoms with van der Waals surface area (Å²) in [7, 11) is 6.90. The molecular formula is C24H27ClN2O5. The highest BCUT2D eigenvalue weighted by Gasteiger charge is 2.47. The fourth-order valence-corrected chi connectivity index (χ4v) is 4.01. The van der Waals surface area contributed by atoms with E-state index in [1.54, 1.807) is 42.5 Å². The molecule has 0 spiro atoms. The van der Waals surface area contributed by atoms with Crippen molar-refractivity contribution in [1.29, 1.82) is 0 Å². The largest absolute Gasteiger partial charge is 0.507 e. The summed E-state index contributed by atoms with van der Waals surface area (Å²) in [6.07, 6.45) is 0.657. The topological polar surface area (TPSA) is 79.3 Å². The number of Topliss-reactive ketones (excluding diaryl/α,β-unsaturated/α-hetero) is 1. The van der Waals surface area contributed by atoms with Crippen molar-refractivity contribution in [2.75, 3.05) is 41.4 Å². The van der Waals surface area contributed by atoms with E-state index < -0.39 is 17.7 Å². The minimum atomic E-state index is -0.821. The van der Waals surface area contributed by atoms with E-state index in [1.807, 2.05) is 19.0 Å². The number of ether oxygens (including phenoxy) is 2. The lowest BCUT2D eigenvalue weighted by Gasteiger charge is -2.27. The first-order valence-electron chi connectivity index (χ1n) is 10.2. The van der Waals surface area contributed by atoms with Crippen LogP contribution < -0.4 is 9.47 Å².